The molecule has 29 heavy (non-hydrogen) atoms. The summed E-state index contributed by atoms with van der Waals surface area (Å²) in [6.07, 6.45) is 6.01. The first-order valence-electron chi connectivity index (χ1n) is 9.45. The van der Waals surface area contributed by atoms with Gasteiger partial charge in [-0.15, -0.1) is 0 Å². The molecular weight excluding hydrogens is 368 g/mol. The van der Waals surface area contributed by atoms with Crippen molar-refractivity contribution in [1.29, 1.82) is 0 Å². The number of pyridine rings is 1. The minimum Gasteiger partial charge on any atom is -0.481 e. The van der Waals surface area contributed by atoms with E-state index in [9.17, 15) is 14.7 Å². The Balaban J connectivity index is 1.57. The zero-order valence-electron chi connectivity index (χ0n) is 16.3. The van der Waals surface area contributed by atoms with Gasteiger partial charge in [-0.05, 0) is 31.4 Å². The van der Waals surface area contributed by atoms with E-state index in [0.717, 1.165) is 16.7 Å². The highest BCUT2D eigenvalue weighted by Gasteiger charge is 2.53. The van der Waals surface area contributed by atoms with E-state index in [1.54, 1.807) is 31.7 Å². The first-order valence-corrected chi connectivity index (χ1v) is 9.45. The van der Waals surface area contributed by atoms with Crippen molar-refractivity contribution in [2.45, 2.75) is 31.7 Å². The molecule has 1 aliphatic carbocycles. The predicted molar refractivity (Wildman–Crippen MR) is 110 cm³/mol. The maximum atomic E-state index is 12.5. The number of carboxylic acids is 1. The Kier molecular flexibility index (Phi) is 4.66. The number of nitrogens with one attached hydrogen (secondary N) is 1. The number of aryl methyl sites for hydroxylation is 2. The van der Waals surface area contributed by atoms with Crippen molar-refractivity contribution in [3.63, 3.8) is 0 Å². The summed E-state index contributed by atoms with van der Waals surface area (Å²) in [4.78, 5) is 32.9. The van der Waals surface area contributed by atoms with Crippen molar-refractivity contribution in [3.8, 4) is 11.1 Å². The van der Waals surface area contributed by atoms with Gasteiger partial charge in [-0.2, -0.15) is 0 Å². The maximum absolute atomic E-state index is 12.5. The molecule has 0 bridgehead atoms. The molecule has 0 radical (unpaired) electrons. The summed E-state index contributed by atoms with van der Waals surface area (Å²) in [7, 11) is 1.63. The Bertz CT molecular complexity index is 1130. The fourth-order valence-corrected chi connectivity index (χ4v) is 3.51. The van der Waals surface area contributed by atoms with Gasteiger partial charge < -0.3 is 15.0 Å². The van der Waals surface area contributed by atoms with Crippen molar-refractivity contribution in [3.05, 3.63) is 76.0 Å². The number of anilines is 1. The van der Waals surface area contributed by atoms with E-state index >= 15 is 0 Å². The fraction of sp³-hybridized carbons (Fsp3) is 0.273. The van der Waals surface area contributed by atoms with Crippen molar-refractivity contribution in [2.24, 2.45) is 7.05 Å². The van der Waals surface area contributed by atoms with Crippen molar-refractivity contribution in [2.75, 3.05) is 5.32 Å². The summed E-state index contributed by atoms with van der Waals surface area (Å²) in [6.45, 7) is 2.67. The lowest BCUT2D eigenvalue weighted by atomic mass is 9.95. The van der Waals surface area contributed by atoms with Crippen LogP contribution >= 0.6 is 0 Å². The van der Waals surface area contributed by atoms with Crippen LogP contribution in [0, 0.1) is 6.92 Å². The molecule has 2 aromatic heterocycles. The summed E-state index contributed by atoms with van der Waals surface area (Å²) in [6, 6.07) is 9.87. The lowest BCUT2D eigenvalue weighted by Crippen LogP contribution is -2.31. The number of hydrogen-bond donors (Lipinski definition) is 2. The van der Waals surface area contributed by atoms with Gasteiger partial charge in [0.2, 0.25) is 5.95 Å². The molecule has 1 aromatic carbocycles. The van der Waals surface area contributed by atoms with E-state index in [-0.39, 0.29) is 5.56 Å². The Morgan fingerprint density at radius 3 is 2.55 bits per heavy atom. The standard InChI is InChI=1S/C22H22N4O3/c1-14-4-3-5-15(8-14)10-23-21-24-11-17(12-25-21)16-9-18(19(27)26(2)13-16)22(6-7-22)20(28)29/h3-5,8-9,11-13H,6-7,10H2,1-2H3,(H,28,29)(H,23,24,25). The average molecular weight is 390 g/mol. The molecule has 4 rings (SSSR count). The molecule has 0 amide bonds. The van der Waals surface area contributed by atoms with Crippen molar-refractivity contribution < 1.29 is 9.90 Å². The third kappa shape index (κ3) is 3.63. The molecule has 7 nitrogen and oxygen atoms in total. The zero-order valence-corrected chi connectivity index (χ0v) is 16.3. The van der Waals surface area contributed by atoms with Gasteiger partial charge in [-0.1, -0.05) is 29.8 Å². The molecule has 0 saturated heterocycles. The second-order valence-corrected chi connectivity index (χ2v) is 7.58. The second kappa shape index (κ2) is 7.16. The van der Waals surface area contributed by atoms with E-state index in [1.807, 2.05) is 25.1 Å². The molecule has 0 atom stereocenters. The van der Waals surface area contributed by atoms with Crippen molar-refractivity contribution in [1.82, 2.24) is 14.5 Å². The summed E-state index contributed by atoms with van der Waals surface area (Å²) in [5.74, 6) is -0.441. The quantitative estimate of drug-likeness (QED) is 0.672. The van der Waals surface area contributed by atoms with Gasteiger partial charge in [-0.3, -0.25) is 9.59 Å². The molecule has 1 saturated carbocycles. The highest BCUT2D eigenvalue weighted by atomic mass is 16.4. The van der Waals surface area contributed by atoms with Crippen LogP contribution in [-0.4, -0.2) is 25.6 Å². The van der Waals surface area contributed by atoms with E-state index in [0.29, 0.717) is 30.9 Å². The van der Waals surface area contributed by atoms with Gasteiger partial charge in [0.1, 0.15) is 0 Å². The van der Waals surface area contributed by atoms with Gasteiger partial charge in [0, 0.05) is 48.9 Å². The SMILES string of the molecule is Cc1cccc(CNc2ncc(-c3cc(C4(C(=O)O)CC4)c(=O)n(C)c3)cn2)c1. The molecular formula is C22H22N4O3. The number of carboxylic acid groups (broad SMARTS) is 1. The molecule has 0 unspecified atom stereocenters. The molecule has 2 heterocycles. The molecule has 1 aliphatic rings. The largest absolute Gasteiger partial charge is 0.481 e. The summed E-state index contributed by atoms with van der Waals surface area (Å²) >= 11 is 0. The number of aliphatic carboxylic acids is 1. The summed E-state index contributed by atoms with van der Waals surface area (Å²) in [5, 5.41) is 12.8. The van der Waals surface area contributed by atoms with Crippen LogP contribution in [0.25, 0.3) is 11.1 Å². The third-order valence-corrected chi connectivity index (χ3v) is 5.38. The first kappa shape index (κ1) is 18.9. The topological polar surface area (TPSA) is 97.1 Å². The fourth-order valence-electron chi connectivity index (χ4n) is 3.51. The van der Waals surface area contributed by atoms with Crippen LogP contribution in [0.3, 0.4) is 0 Å². The zero-order chi connectivity index (χ0) is 20.6. The van der Waals surface area contributed by atoms with Gasteiger partial charge in [0.15, 0.2) is 0 Å². The molecule has 3 aromatic rings. The van der Waals surface area contributed by atoms with Crippen LogP contribution in [-0.2, 0) is 23.8 Å². The molecule has 0 spiro atoms. The first-order chi connectivity index (χ1) is 13.9. The number of rotatable bonds is 6. The molecule has 1 fully saturated rings. The van der Waals surface area contributed by atoms with Crippen molar-refractivity contribution >= 4 is 11.9 Å². The highest BCUT2D eigenvalue weighted by molar-refractivity contribution is 5.85. The average Bonchev–Trinajstić information content (AvgIpc) is 3.51. The van der Waals surface area contributed by atoms with Crippen LogP contribution in [0.1, 0.15) is 29.5 Å². The molecule has 7 heteroatoms. The minimum atomic E-state index is -1.05. The lowest BCUT2D eigenvalue weighted by molar-refractivity contribution is -0.140. The van der Waals surface area contributed by atoms with E-state index in [4.69, 9.17) is 0 Å². The van der Waals surface area contributed by atoms with Gasteiger partial charge in [-0.25, -0.2) is 9.97 Å². The Labute approximate surface area is 168 Å². The Morgan fingerprint density at radius 2 is 1.93 bits per heavy atom. The van der Waals surface area contributed by atoms with E-state index in [2.05, 4.69) is 21.4 Å². The lowest BCUT2D eigenvalue weighted by Gasteiger charge is -2.13. The summed E-state index contributed by atoms with van der Waals surface area (Å²) in [5.41, 5.74) is 2.78. The molecule has 2 N–H and O–H groups in total. The Hall–Kier alpha value is -3.48. The van der Waals surface area contributed by atoms with E-state index in [1.165, 1.54) is 10.1 Å². The normalized spacial score (nSPS) is 14.4. The number of hydrogen-bond acceptors (Lipinski definition) is 5. The second-order valence-electron chi connectivity index (χ2n) is 7.58. The monoisotopic (exact) mass is 390 g/mol. The van der Waals surface area contributed by atoms with Crippen LogP contribution in [0.15, 0.2) is 53.7 Å². The number of nitrogens with zero attached hydrogens (tertiary/aromatic N) is 3. The van der Waals surface area contributed by atoms with Gasteiger partial charge in [0.25, 0.3) is 5.56 Å². The van der Waals surface area contributed by atoms with Crippen LogP contribution in [0.5, 0.6) is 0 Å². The number of benzene rings is 1. The van der Waals surface area contributed by atoms with Gasteiger partial charge >= 0.3 is 5.97 Å². The van der Waals surface area contributed by atoms with Crippen LogP contribution in [0.4, 0.5) is 5.95 Å². The molecule has 0 aliphatic heterocycles. The third-order valence-electron chi connectivity index (χ3n) is 5.38. The number of carbonyl (C=O) groups is 1. The molecule has 148 valence electrons. The maximum Gasteiger partial charge on any atom is 0.314 e. The predicted octanol–water partition coefficient (Wildman–Crippen LogP) is 2.88. The van der Waals surface area contributed by atoms with Crippen LogP contribution in [0.2, 0.25) is 0 Å². The van der Waals surface area contributed by atoms with Crippen LogP contribution < -0.4 is 10.9 Å². The highest BCUT2D eigenvalue weighted by Crippen LogP contribution is 2.47. The summed E-state index contributed by atoms with van der Waals surface area (Å²) < 4.78 is 1.43. The number of aromatic nitrogens is 3. The van der Waals surface area contributed by atoms with Gasteiger partial charge in [0.05, 0.1) is 5.41 Å². The smallest absolute Gasteiger partial charge is 0.314 e. The van der Waals surface area contributed by atoms with E-state index < -0.39 is 11.4 Å². The minimum absolute atomic E-state index is 0.272. The Morgan fingerprint density at radius 1 is 1.21 bits per heavy atom.